The summed E-state index contributed by atoms with van der Waals surface area (Å²) in [5, 5.41) is 12.0. The number of aliphatic hydroxyl groups is 1. The summed E-state index contributed by atoms with van der Waals surface area (Å²) in [5.74, 6) is -2.07. The monoisotopic (exact) mass is 231 g/mol. The molecule has 2 N–H and O–H groups in total. The predicted molar refractivity (Wildman–Crippen MR) is 57.7 cm³/mol. The summed E-state index contributed by atoms with van der Waals surface area (Å²) < 4.78 is 31.7. The van der Waals surface area contributed by atoms with Gasteiger partial charge in [-0.25, -0.2) is 8.78 Å². The van der Waals surface area contributed by atoms with Crippen LogP contribution in [-0.4, -0.2) is 24.4 Å². The molecule has 0 aliphatic heterocycles. The molecule has 0 saturated heterocycles. The van der Waals surface area contributed by atoms with Crippen molar-refractivity contribution >= 4 is 5.69 Å². The van der Waals surface area contributed by atoms with E-state index in [1.165, 1.54) is 13.8 Å². The topological polar surface area (TPSA) is 41.5 Å². The third-order valence-electron chi connectivity index (χ3n) is 1.86. The Labute approximate surface area is 93.0 Å². The highest BCUT2D eigenvalue weighted by Crippen LogP contribution is 2.26. The lowest BCUT2D eigenvalue weighted by atomic mass is 10.2. The molecule has 0 fully saturated rings. The predicted octanol–water partition coefficient (Wildman–Crippen LogP) is 2.16. The maximum atomic E-state index is 13.4. The Morgan fingerprint density at radius 1 is 1.31 bits per heavy atom. The lowest BCUT2D eigenvalue weighted by molar-refractivity contribution is 0.0257. The molecule has 1 aromatic rings. The molecule has 0 spiro atoms. The normalized spacial score (nSPS) is 11.4. The van der Waals surface area contributed by atoms with Crippen LogP contribution in [-0.2, 0) is 0 Å². The minimum atomic E-state index is -1.14. The van der Waals surface area contributed by atoms with Crippen molar-refractivity contribution in [3.63, 3.8) is 0 Å². The minimum absolute atomic E-state index is 0.181. The van der Waals surface area contributed by atoms with E-state index in [1.807, 2.05) is 0 Å². The number of hydrogen-bond donors (Lipinski definition) is 2. The molecule has 0 unspecified atom stereocenters. The van der Waals surface area contributed by atoms with Gasteiger partial charge in [-0.1, -0.05) is 0 Å². The van der Waals surface area contributed by atoms with E-state index in [0.29, 0.717) is 5.69 Å². The summed E-state index contributed by atoms with van der Waals surface area (Å²) in [6.45, 7) is 2.80. The van der Waals surface area contributed by atoms with Crippen molar-refractivity contribution in [3.8, 4) is 5.75 Å². The van der Waals surface area contributed by atoms with Gasteiger partial charge in [0.05, 0.1) is 5.60 Å². The summed E-state index contributed by atoms with van der Waals surface area (Å²) in [4.78, 5) is 0. The van der Waals surface area contributed by atoms with Gasteiger partial charge in [0.25, 0.3) is 0 Å². The van der Waals surface area contributed by atoms with Crippen molar-refractivity contribution in [1.82, 2.24) is 0 Å². The van der Waals surface area contributed by atoms with Crippen molar-refractivity contribution in [1.29, 1.82) is 0 Å². The second-order valence-electron chi connectivity index (χ2n) is 4.12. The molecule has 0 aliphatic rings. The third-order valence-corrected chi connectivity index (χ3v) is 1.86. The Balaban J connectivity index is 2.88. The fourth-order valence-electron chi connectivity index (χ4n) is 1.09. The van der Waals surface area contributed by atoms with Gasteiger partial charge >= 0.3 is 0 Å². The SMILES string of the molecule is CNc1cc(F)c(OCC(C)(C)O)c(F)c1. The van der Waals surface area contributed by atoms with Crippen LogP contribution >= 0.6 is 0 Å². The fourth-order valence-corrected chi connectivity index (χ4v) is 1.09. The highest BCUT2D eigenvalue weighted by atomic mass is 19.1. The first kappa shape index (κ1) is 12.7. The van der Waals surface area contributed by atoms with E-state index in [1.54, 1.807) is 7.05 Å². The zero-order chi connectivity index (χ0) is 12.3. The fraction of sp³-hybridized carbons (Fsp3) is 0.455. The van der Waals surface area contributed by atoms with Gasteiger partial charge in [-0.15, -0.1) is 0 Å². The van der Waals surface area contributed by atoms with Crippen LogP contribution in [0.15, 0.2) is 12.1 Å². The van der Waals surface area contributed by atoms with Crippen LogP contribution in [0.4, 0.5) is 14.5 Å². The van der Waals surface area contributed by atoms with E-state index < -0.39 is 23.0 Å². The van der Waals surface area contributed by atoms with Crippen LogP contribution in [0.3, 0.4) is 0 Å². The van der Waals surface area contributed by atoms with Crippen molar-refractivity contribution < 1.29 is 18.6 Å². The molecular formula is C11H15F2NO2. The Hall–Kier alpha value is -1.36. The standard InChI is InChI=1S/C11H15F2NO2/c1-11(2,15)6-16-10-8(12)4-7(14-3)5-9(10)13/h4-5,14-15H,6H2,1-3H3. The molecule has 0 atom stereocenters. The molecule has 0 aromatic heterocycles. The summed E-state index contributed by atoms with van der Waals surface area (Å²) in [7, 11) is 1.56. The van der Waals surface area contributed by atoms with E-state index in [0.717, 1.165) is 12.1 Å². The van der Waals surface area contributed by atoms with Gasteiger partial charge in [-0.2, -0.15) is 0 Å². The third kappa shape index (κ3) is 3.34. The number of rotatable bonds is 4. The summed E-state index contributed by atoms with van der Waals surface area (Å²) in [6.07, 6.45) is 0. The van der Waals surface area contributed by atoms with E-state index in [9.17, 15) is 13.9 Å². The van der Waals surface area contributed by atoms with Gasteiger partial charge in [0, 0.05) is 24.9 Å². The van der Waals surface area contributed by atoms with Crippen molar-refractivity contribution in [2.45, 2.75) is 19.4 Å². The maximum absolute atomic E-state index is 13.4. The summed E-state index contributed by atoms with van der Waals surface area (Å²) in [5.41, 5.74) is -0.814. The van der Waals surface area contributed by atoms with Crippen LogP contribution < -0.4 is 10.1 Å². The van der Waals surface area contributed by atoms with E-state index in [-0.39, 0.29) is 6.61 Å². The number of hydrogen-bond acceptors (Lipinski definition) is 3. The molecular weight excluding hydrogens is 216 g/mol. The molecule has 5 heteroatoms. The summed E-state index contributed by atoms with van der Waals surface area (Å²) >= 11 is 0. The number of ether oxygens (including phenoxy) is 1. The van der Waals surface area contributed by atoms with E-state index in [2.05, 4.69) is 5.32 Å². The van der Waals surface area contributed by atoms with Crippen molar-refractivity contribution in [3.05, 3.63) is 23.8 Å². The first-order chi connectivity index (χ1) is 7.33. The largest absolute Gasteiger partial charge is 0.485 e. The molecule has 0 saturated carbocycles. The molecule has 90 valence electrons. The molecule has 0 aliphatic carbocycles. The minimum Gasteiger partial charge on any atom is -0.485 e. The highest BCUT2D eigenvalue weighted by Gasteiger charge is 2.18. The molecule has 16 heavy (non-hydrogen) atoms. The van der Waals surface area contributed by atoms with Crippen molar-refractivity contribution in [2.75, 3.05) is 19.0 Å². The average Bonchev–Trinajstić information content (AvgIpc) is 2.14. The molecule has 3 nitrogen and oxygen atoms in total. The second kappa shape index (κ2) is 4.65. The van der Waals surface area contributed by atoms with Gasteiger partial charge in [0.15, 0.2) is 17.4 Å². The average molecular weight is 231 g/mol. The highest BCUT2D eigenvalue weighted by molar-refractivity contribution is 5.47. The lowest BCUT2D eigenvalue weighted by Gasteiger charge is -2.18. The number of nitrogens with one attached hydrogen (secondary N) is 1. The molecule has 1 rings (SSSR count). The van der Waals surface area contributed by atoms with Gasteiger partial charge in [-0.3, -0.25) is 0 Å². The summed E-state index contributed by atoms with van der Waals surface area (Å²) in [6, 6.07) is 2.26. The zero-order valence-corrected chi connectivity index (χ0v) is 9.47. The molecule has 0 heterocycles. The van der Waals surface area contributed by atoms with E-state index in [4.69, 9.17) is 4.74 Å². The first-order valence-corrected chi connectivity index (χ1v) is 4.85. The van der Waals surface area contributed by atoms with Gasteiger partial charge in [0.1, 0.15) is 6.61 Å². The number of anilines is 1. The quantitative estimate of drug-likeness (QED) is 0.834. The van der Waals surface area contributed by atoms with Crippen LogP contribution in [0.25, 0.3) is 0 Å². The Morgan fingerprint density at radius 3 is 2.19 bits per heavy atom. The van der Waals surface area contributed by atoms with E-state index >= 15 is 0 Å². The van der Waals surface area contributed by atoms with Crippen LogP contribution in [0, 0.1) is 11.6 Å². The Kier molecular flexibility index (Phi) is 3.70. The van der Waals surface area contributed by atoms with Gasteiger partial charge < -0.3 is 15.2 Å². The number of benzene rings is 1. The molecule has 0 radical (unpaired) electrons. The van der Waals surface area contributed by atoms with Gasteiger partial charge in [0.2, 0.25) is 0 Å². The molecule has 1 aromatic carbocycles. The second-order valence-corrected chi connectivity index (χ2v) is 4.12. The van der Waals surface area contributed by atoms with Crippen LogP contribution in [0.1, 0.15) is 13.8 Å². The molecule has 0 bridgehead atoms. The Bertz CT molecular complexity index is 352. The number of halogens is 2. The van der Waals surface area contributed by atoms with Crippen LogP contribution in [0.2, 0.25) is 0 Å². The first-order valence-electron chi connectivity index (χ1n) is 4.85. The van der Waals surface area contributed by atoms with Gasteiger partial charge in [-0.05, 0) is 13.8 Å². The smallest absolute Gasteiger partial charge is 0.190 e. The molecule has 0 amide bonds. The maximum Gasteiger partial charge on any atom is 0.190 e. The lowest BCUT2D eigenvalue weighted by Crippen LogP contribution is -2.28. The zero-order valence-electron chi connectivity index (χ0n) is 9.47. The van der Waals surface area contributed by atoms with Crippen LogP contribution in [0.5, 0.6) is 5.75 Å². The van der Waals surface area contributed by atoms with Crippen molar-refractivity contribution in [2.24, 2.45) is 0 Å². The Morgan fingerprint density at radius 2 is 1.81 bits per heavy atom.